The summed E-state index contributed by atoms with van der Waals surface area (Å²) in [6.07, 6.45) is 1.53. The highest BCUT2D eigenvalue weighted by Gasteiger charge is 2.05. The summed E-state index contributed by atoms with van der Waals surface area (Å²) in [5.41, 5.74) is 2.16. The maximum atomic E-state index is 9.14. The van der Waals surface area contributed by atoms with Crippen LogP contribution in [0.5, 0.6) is 5.75 Å². The van der Waals surface area contributed by atoms with Crippen LogP contribution in [0.1, 0.15) is 11.4 Å². The van der Waals surface area contributed by atoms with Crippen LogP contribution in [0.15, 0.2) is 60.8 Å². The fraction of sp³-hybridized carbons (Fsp3) is 0.0588. The molecule has 7 heteroatoms. The van der Waals surface area contributed by atoms with E-state index in [1.54, 1.807) is 0 Å². The van der Waals surface area contributed by atoms with E-state index in [0.29, 0.717) is 6.61 Å². The van der Waals surface area contributed by atoms with Crippen LogP contribution in [0.3, 0.4) is 0 Å². The number of ether oxygens (including phenoxy) is 1. The number of H-pyrrole nitrogens is 1. The minimum Gasteiger partial charge on any atom is -0.489 e. The second-order valence-electron chi connectivity index (χ2n) is 4.85. The molecule has 0 spiro atoms. The largest absolute Gasteiger partial charge is 0.489 e. The molecule has 2 aromatic carbocycles. The number of nitrogens with one attached hydrogen (secondary N) is 2. The molecule has 7 nitrogen and oxygen atoms in total. The molecule has 0 saturated carbocycles. The Hall–Kier alpha value is -3.66. The molecule has 118 valence electrons. The number of benzene rings is 2. The van der Waals surface area contributed by atoms with E-state index in [2.05, 4.69) is 25.9 Å². The Bertz CT molecular complexity index is 852. The predicted molar refractivity (Wildman–Crippen MR) is 88.6 cm³/mol. The van der Waals surface area contributed by atoms with Crippen molar-refractivity contribution < 1.29 is 4.74 Å². The van der Waals surface area contributed by atoms with Gasteiger partial charge in [-0.3, -0.25) is 0 Å². The lowest BCUT2D eigenvalue weighted by Crippen LogP contribution is -1.96. The number of allylic oxidation sites excluding steroid dienone is 1. The van der Waals surface area contributed by atoms with Crippen LogP contribution in [0.25, 0.3) is 5.57 Å². The first-order valence-electron chi connectivity index (χ1n) is 7.22. The third-order valence-electron chi connectivity index (χ3n) is 3.17. The van der Waals surface area contributed by atoms with Gasteiger partial charge in [0.2, 0.25) is 5.82 Å². The monoisotopic (exact) mass is 318 g/mol. The Balaban J connectivity index is 1.66. The average Bonchev–Trinajstić information content (AvgIpc) is 3.16. The average molecular weight is 318 g/mol. The first kappa shape index (κ1) is 15.2. The number of aromatic nitrogens is 4. The van der Waals surface area contributed by atoms with E-state index < -0.39 is 0 Å². The van der Waals surface area contributed by atoms with Crippen molar-refractivity contribution in [2.75, 3.05) is 5.32 Å². The van der Waals surface area contributed by atoms with Crippen molar-refractivity contribution in [3.63, 3.8) is 0 Å². The molecule has 0 saturated heterocycles. The Morgan fingerprint density at radius 2 is 2.08 bits per heavy atom. The topological polar surface area (TPSA) is 99.5 Å². The van der Waals surface area contributed by atoms with Gasteiger partial charge in [0.05, 0.1) is 0 Å². The maximum absolute atomic E-state index is 9.14. The lowest BCUT2D eigenvalue weighted by molar-refractivity contribution is 0.306. The number of rotatable bonds is 6. The number of tetrazole rings is 1. The minimum absolute atomic E-state index is 0.237. The summed E-state index contributed by atoms with van der Waals surface area (Å²) in [7, 11) is 0. The normalized spacial score (nSPS) is 10.9. The van der Waals surface area contributed by atoms with E-state index >= 15 is 0 Å². The third kappa shape index (κ3) is 3.96. The molecular formula is C17H14N6O. The standard InChI is InChI=1S/C17H14N6O/c18-10-14(17-20-22-23-21-17)11-19-15-7-4-8-16(9-15)24-12-13-5-2-1-3-6-13/h1-9,11,19H,12H2,(H,20,21,22,23). The SMILES string of the molecule is N#CC(=CNc1cccc(OCc2ccccc2)c1)c1nn[nH]n1. The molecule has 3 rings (SSSR count). The quantitative estimate of drug-likeness (QED) is 0.678. The summed E-state index contributed by atoms with van der Waals surface area (Å²) in [4.78, 5) is 0. The summed E-state index contributed by atoms with van der Waals surface area (Å²) < 4.78 is 5.77. The van der Waals surface area contributed by atoms with Crippen molar-refractivity contribution in [2.24, 2.45) is 0 Å². The van der Waals surface area contributed by atoms with Crippen LogP contribution in [-0.4, -0.2) is 20.6 Å². The van der Waals surface area contributed by atoms with Crippen molar-refractivity contribution in [2.45, 2.75) is 6.61 Å². The Morgan fingerprint density at radius 3 is 2.83 bits per heavy atom. The lowest BCUT2D eigenvalue weighted by Gasteiger charge is -2.08. The molecule has 0 atom stereocenters. The van der Waals surface area contributed by atoms with E-state index in [1.165, 1.54) is 6.20 Å². The number of anilines is 1. The zero-order valence-electron chi connectivity index (χ0n) is 12.7. The van der Waals surface area contributed by atoms with Gasteiger partial charge in [-0.1, -0.05) is 36.4 Å². The van der Waals surface area contributed by atoms with Crippen LogP contribution in [0.2, 0.25) is 0 Å². The van der Waals surface area contributed by atoms with Crippen LogP contribution >= 0.6 is 0 Å². The summed E-state index contributed by atoms with van der Waals surface area (Å²) in [6.45, 7) is 0.492. The van der Waals surface area contributed by atoms with Gasteiger partial charge in [0.15, 0.2) is 0 Å². The van der Waals surface area contributed by atoms with E-state index in [9.17, 15) is 0 Å². The van der Waals surface area contributed by atoms with Crippen molar-refractivity contribution in [3.05, 3.63) is 72.2 Å². The molecule has 0 aliphatic carbocycles. The number of aromatic amines is 1. The van der Waals surface area contributed by atoms with Gasteiger partial charge >= 0.3 is 0 Å². The molecule has 1 heterocycles. The summed E-state index contributed by atoms with van der Waals surface area (Å²) in [6, 6.07) is 19.4. The smallest absolute Gasteiger partial charge is 0.216 e. The lowest BCUT2D eigenvalue weighted by atomic mass is 10.2. The van der Waals surface area contributed by atoms with Crippen molar-refractivity contribution in [3.8, 4) is 11.8 Å². The predicted octanol–water partition coefficient (Wildman–Crippen LogP) is 2.76. The van der Waals surface area contributed by atoms with E-state index in [4.69, 9.17) is 10.00 Å². The highest BCUT2D eigenvalue weighted by Crippen LogP contribution is 2.19. The zero-order valence-corrected chi connectivity index (χ0v) is 12.7. The summed E-state index contributed by atoms with van der Waals surface area (Å²) in [5.74, 6) is 0.969. The molecule has 0 amide bonds. The Labute approximate surface area is 138 Å². The fourth-order valence-electron chi connectivity index (χ4n) is 1.99. The molecule has 2 N–H and O–H groups in total. The minimum atomic E-state index is 0.237. The second-order valence-corrected chi connectivity index (χ2v) is 4.85. The second kappa shape index (κ2) is 7.56. The Kier molecular flexibility index (Phi) is 4.80. The first-order valence-corrected chi connectivity index (χ1v) is 7.22. The Morgan fingerprint density at radius 1 is 1.21 bits per heavy atom. The molecule has 1 aromatic heterocycles. The third-order valence-corrected chi connectivity index (χ3v) is 3.17. The molecule has 3 aromatic rings. The van der Waals surface area contributed by atoms with Gasteiger partial charge in [-0.2, -0.15) is 10.5 Å². The van der Waals surface area contributed by atoms with Crippen LogP contribution in [-0.2, 0) is 6.61 Å². The molecule has 0 bridgehead atoms. The fourth-order valence-corrected chi connectivity index (χ4v) is 1.99. The van der Waals surface area contributed by atoms with Crippen molar-refractivity contribution in [1.29, 1.82) is 5.26 Å². The number of nitrogens with zero attached hydrogens (tertiary/aromatic N) is 4. The summed E-state index contributed by atoms with van der Waals surface area (Å²) >= 11 is 0. The van der Waals surface area contributed by atoms with Gasteiger partial charge in [0.1, 0.15) is 24.0 Å². The molecule has 24 heavy (non-hydrogen) atoms. The van der Waals surface area contributed by atoms with Gasteiger partial charge in [-0.05, 0) is 22.9 Å². The first-order chi connectivity index (χ1) is 11.8. The van der Waals surface area contributed by atoms with Crippen LogP contribution < -0.4 is 10.1 Å². The molecule has 0 unspecified atom stereocenters. The van der Waals surface area contributed by atoms with Gasteiger partial charge in [-0.25, -0.2) is 0 Å². The van der Waals surface area contributed by atoms with Gasteiger partial charge in [0, 0.05) is 18.0 Å². The van der Waals surface area contributed by atoms with E-state index in [-0.39, 0.29) is 11.4 Å². The number of hydrogen-bond donors (Lipinski definition) is 2. The molecular weight excluding hydrogens is 304 g/mol. The van der Waals surface area contributed by atoms with Gasteiger partial charge in [-0.15, -0.1) is 10.2 Å². The van der Waals surface area contributed by atoms with Crippen molar-refractivity contribution in [1.82, 2.24) is 20.6 Å². The molecule has 0 fully saturated rings. The van der Waals surface area contributed by atoms with Crippen LogP contribution in [0.4, 0.5) is 5.69 Å². The van der Waals surface area contributed by atoms with E-state index in [0.717, 1.165) is 17.0 Å². The zero-order chi connectivity index (χ0) is 16.6. The summed E-state index contributed by atoms with van der Waals surface area (Å²) in [5, 5.41) is 25.5. The number of hydrogen-bond acceptors (Lipinski definition) is 6. The molecule has 0 radical (unpaired) electrons. The highest BCUT2D eigenvalue weighted by molar-refractivity contribution is 5.74. The molecule has 0 aliphatic rings. The maximum Gasteiger partial charge on any atom is 0.216 e. The number of nitriles is 1. The molecule has 0 aliphatic heterocycles. The van der Waals surface area contributed by atoms with Crippen LogP contribution in [0, 0.1) is 11.3 Å². The van der Waals surface area contributed by atoms with Gasteiger partial charge < -0.3 is 10.1 Å². The van der Waals surface area contributed by atoms with Gasteiger partial charge in [0.25, 0.3) is 0 Å². The van der Waals surface area contributed by atoms with Crippen molar-refractivity contribution >= 4 is 11.3 Å². The highest BCUT2D eigenvalue weighted by atomic mass is 16.5. The van der Waals surface area contributed by atoms with E-state index in [1.807, 2.05) is 60.7 Å².